The summed E-state index contributed by atoms with van der Waals surface area (Å²) in [5.74, 6) is 0.841. The lowest BCUT2D eigenvalue weighted by atomic mass is 9.92. The van der Waals surface area contributed by atoms with Crippen LogP contribution in [0.1, 0.15) is 41.7 Å². The molecule has 0 spiro atoms. The molecule has 2 aromatic rings. The molecule has 8 heteroatoms. The van der Waals surface area contributed by atoms with E-state index in [9.17, 15) is 4.79 Å². The number of carbonyl (C=O) groups is 1. The summed E-state index contributed by atoms with van der Waals surface area (Å²) in [7, 11) is 0. The van der Waals surface area contributed by atoms with Crippen molar-refractivity contribution < 1.29 is 14.1 Å². The van der Waals surface area contributed by atoms with Gasteiger partial charge in [-0.25, -0.2) is 0 Å². The number of amides is 1. The molecule has 1 unspecified atom stereocenters. The van der Waals surface area contributed by atoms with Crippen LogP contribution in [0.2, 0.25) is 5.02 Å². The van der Waals surface area contributed by atoms with Crippen LogP contribution in [0.15, 0.2) is 28.8 Å². The Bertz CT molecular complexity index is 744. The summed E-state index contributed by atoms with van der Waals surface area (Å²) in [5, 5.41) is 10.9. The molecule has 0 saturated carbocycles. The predicted molar refractivity (Wildman–Crippen MR) is 85.6 cm³/mol. The molecule has 1 aromatic heterocycles. The maximum absolute atomic E-state index is 11.9. The second kappa shape index (κ2) is 6.51. The number of nitrogens with zero attached hydrogens (tertiary/aromatic N) is 2. The van der Waals surface area contributed by atoms with Crippen LogP contribution < -0.4 is 10.6 Å². The van der Waals surface area contributed by atoms with Gasteiger partial charge in [0.2, 0.25) is 11.8 Å². The first-order valence-electron chi connectivity index (χ1n) is 7.90. The molecule has 3 heterocycles. The molecule has 0 radical (unpaired) electrons. The largest absolute Gasteiger partial charge is 0.378 e. The number of carbonyl (C=O) groups excluding carboxylic acids is 1. The Hall–Kier alpha value is -1.96. The second-order valence-corrected chi connectivity index (χ2v) is 6.42. The van der Waals surface area contributed by atoms with E-state index in [0.717, 1.165) is 12.1 Å². The first kappa shape index (κ1) is 15.6. The van der Waals surface area contributed by atoms with Crippen LogP contribution in [0.4, 0.5) is 0 Å². The molecule has 24 heavy (non-hydrogen) atoms. The zero-order chi connectivity index (χ0) is 16.5. The first-order chi connectivity index (χ1) is 11.7. The van der Waals surface area contributed by atoms with E-state index in [1.807, 2.05) is 24.3 Å². The SMILES string of the molecule is O=C1C[C@@H](c2cccc(Cl)c2)[C@H](c2nc(C3COCCN3)no2)N1. The average Bonchev–Trinajstić information content (AvgIpc) is 3.22. The third-order valence-corrected chi connectivity index (χ3v) is 4.59. The Kier molecular flexibility index (Phi) is 4.22. The van der Waals surface area contributed by atoms with Crippen molar-refractivity contribution in [2.75, 3.05) is 19.8 Å². The van der Waals surface area contributed by atoms with E-state index in [0.29, 0.717) is 36.4 Å². The molecule has 4 rings (SSSR count). The fraction of sp³-hybridized carbons (Fsp3) is 0.438. The van der Waals surface area contributed by atoms with Crippen molar-refractivity contribution in [1.82, 2.24) is 20.8 Å². The Morgan fingerprint density at radius 2 is 2.25 bits per heavy atom. The summed E-state index contributed by atoms with van der Waals surface area (Å²) < 4.78 is 10.9. The van der Waals surface area contributed by atoms with Crippen molar-refractivity contribution in [3.05, 3.63) is 46.6 Å². The van der Waals surface area contributed by atoms with Crippen molar-refractivity contribution in [2.45, 2.75) is 24.4 Å². The fourth-order valence-electron chi connectivity index (χ4n) is 3.18. The second-order valence-electron chi connectivity index (χ2n) is 5.98. The molecule has 3 atom stereocenters. The van der Waals surface area contributed by atoms with Crippen molar-refractivity contribution in [2.24, 2.45) is 0 Å². The van der Waals surface area contributed by atoms with Gasteiger partial charge in [0.05, 0.1) is 19.3 Å². The summed E-state index contributed by atoms with van der Waals surface area (Å²) in [4.78, 5) is 16.4. The Labute approximate surface area is 143 Å². The minimum absolute atomic E-state index is 0.0381. The first-order valence-corrected chi connectivity index (χ1v) is 8.28. The number of benzene rings is 1. The van der Waals surface area contributed by atoms with Crippen LogP contribution >= 0.6 is 11.6 Å². The zero-order valence-electron chi connectivity index (χ0n) is 12.9. The highest BCUT2D eigenvalue weighted by atomic mass is 35.5. The van der Waals surface area contributed by atoms with Crippen molar-refractivity contribution in [3.8, 4) is 0 Å². The van der Waals surface area contributed by atoms with Gasteiger partial charge in [-0.1, -0.05) is 28.9 Å². The van der Waals surface area contributed by atoms with Gasteiger partial charge in [0, 0.05) is 23.9 Å². The van der Waals surface area contributed by atoms with E-state index < -0.39 is 0 Å². The van der Waals surface area contributed by atoms with Gasteiger partial charge in [-0.2, -0.15) is 4.98 Å². The monoisotopic (exact) mass is 348 g/mol. The lowest BCUT2D eigenvalue weighted by Gasteiger charge is -2.20. The molecule has 2 saturated heterocycles. The van der Waals surface area contributed by atoms with Crippen LogP contribution in [-0.4, -0.2) is 35.8 Å². The number of halogens is 1. The molecular formula is C16H17ClN4O3. The molecule has 1 aromatic carbocycles. The van der Waals surface area contributed by atoms with Gasteiger partial charge in [-0.3, -0.25) is 4.79 Å². The number of ether oxygens (including phenoxy) is 1. The number of hydrogen-bond donors (Lipinski definition) is 2. The van der Waals surface area contributed by atoms with E-state index in [1.54, 1.807) is 0 Å². The highest BCUT2D eigenvalue weighted by molar-refractivity contribution is 6.30. The topological polar surface area (TPSA) is 89.3 Å². The van der Waals surface area contributed by atoms with Gasteiger partial charge >= 0.3 is 0 Å². The zero-order valence-corrected chi connectivity index (χ0v) is 13.6. The lowest BCUT2D eigenvalue weighted by Crippen LogP contribution is -2.35. The van der Waals surface area contributed by atoms with Gasteiger partial charge in [-0.15, -0.1) is 0 Å². The molecular weight excluding hydrogens is 332 g/mol. The van der Waals surface area contributed by atoms with Crippen LogP contribution in [0, 0.1) is 0 Å². The van der Waals surface area contributed by atoms with Gasteiger partial charge in [-0.05, 0) is 17.7 Å². The minimum atomic E-state index is -0.346. The molecule has 2 N–H and O–H groups in total. The minimum Gasteiger partial charge on any atom is -0.378 e. The van der Waals surface area contributed by atoms with Crippen LogP contribution in [0.25, 0.3) is 0 Å². The Balaban J connectivity index is 1.59. The third kappa shape index (κ3) is 3.02. The van der Waals surface area contributed by atoms with E-state index in [2.05, 4.69) is 20.8 Å². The maximum Gasteiger partial charge on any atom is 0.249 e. The molecule has 1 amide bonds. The molecule has 0 aliphatic carbocycles. The predicted octanol–water partition coefficient (Wildman–Crippen LogP) is 1.73. The van der Waals surface area contributed by atoms with Crippen LogP contribution in [0.3, 0.4) is 0 Å². The number of hydrogen-bond acceptors (Lipinski definition) is 6. The summed E-state index contributed by atoms with van der Waals surface area (Å²) >= 11 is 6.08. The number of morpholine rings is 1. The van der Waals surface area contributed by atoms with Gasteiger partial charge < -0.3 is 19.9 Å². The van der Waals surface area contributed by atoms with Gasteiger partial charge in [0.25, 0.3) is 0 Å². The number of aromatic nitrogens is 2. The molecule has 7 nitrogen and oxygen atoms in total. The standard InChI is InChI=1S/C16H17ClN4O3/c17-10-3-1-2-9(6-10)11-7-13(22)19-14(11)16-20-15(21-24-16)12-8-23-5-4-18-12/h1-3,6,11-12,14,18H,4-5,7-8H2,(H,19,22)/t11-,12?,14+/m0/s1. The molecule has 2 aliphatic rings. The van der Waals surface area contributed by atoms with Crippen molar-refractivity contribution >= 4 is 17.5 Å². The van der Waals surface area contributed by atoms with E-state index in [1.165, 1.54) is 0 Å². The van der Waals surface area contributed by atoms with Gasteiger partial charge in [0.15, 0.2) is 5.82 Å². The van der Waals surface area contributed by atoms with Crippen molar-refractivity contribution in [1.29, 1.82) is 0 Å². The Morgan fingerprint density at radius 3 is 3.04 bits per heavy atom. The smallest absolute Gasteiger partial charge is 0.249 e. The molecule has 2 aliphatic heterocycles. The maximum atomic E-state index is 11.9. The summed E-state index contributed by atoms with van der Waals surface area (Å²) in [6, 6.07) is 7.08. The lowest BCUT2D eigenvalue weighted by molar-refractivity contribution is -0.119. The Morgan fingerprint density at radius 1 is 1.33 bits per heavy atom. The number of nitrogens with one attached hydrogen (secondary N) is 2. The van der Waals surface area contributed by atoms with Crippen LogP contribution in [0.5, 0.6) is 0 Å². The molecule has 126 valence electrons. The number of rotatable bonds is 3. The summed E-state index contributed by atoms with van der Waals surface area (Å²) in [6.07, 6.45) is 0.369. The van der Waals surface area contributed by atoms with E-state index in [-0.39, 0.29) is 23.9 Å². The normalized spacial score (nSPS) is 27.2. The highest BCUT2D eigenvalue weighted by Gasteiger charge is 2.38. The summed E-state index contributed by atoms with van der Waals surface area (Å²) in [6.45, 7) is 1.93. The molecule has 2 fully saturated rings. The molecule has 0 bridgehead atoms. The average molecular weight is 349 g/mol. The highest BCUT2D eigenvalue weighted by Crippen LogP contribution is 2.38. The van der Waals surface area contributed by atoms with Crippen molar-refractivity contribution in [3.63, 3.8) is 0 Å². The summed E-state index contributed by atoms with van der Waals surface area (Å²) in [5.41, 5.74) is 0.977. The van der Waals surface area contributed by atoms with E-state index >= 15 is 0 Å². The third-order valence-electron chi connectivity index (χ3n) is 4.36. The van der Waals surface area contributed by atoms with E-state index in [4.69, 9.17) is 20.9 Å². The quantitative estimate of drug-likeness (QED) is 0.878. The fourth-order valence-corrected chi connectivity index (χ4v) is 3.38. The van der Waals surface area contributed by atoms with Crippen LogP contribution in [-0.2, 0) is 9.53 Å². The van der Waals surface area contributed by atoms with Gasteiger partial charge in [0.1, 0.15) is 6.04 Å².